The van der Waals surface area contributed by atoms with Crippen LogP contribution in [0.25, 0.3) is 5.57 Å². The lowest BCUT2D eigenvalue weighted by Gasteiger charge is -2.14. The minimum Gasteiger partial charge on any atom is -0.445 e. The van der Waals surface area contributed by atoms with E-state index in [1.807, 2.05) is 18.2 Å². The second kappa shape index (κ2) is 6.90. The van der Waals surface area contributed by atoms with Crippen LogP contribution in [0.3, 0.4) is 0 Å². The summed E-state index contributed by atoms with van der Waals surface area (Å²) < 4.78 is 10.8. The van der Waals surface area contributed by atoms with Gasteiger partial charge in [-0.2, -0.15) is 0 Å². The number of carbonyl (C=O) groups excluding carboxylic acids is 2. The Labute approximate surface area is 155 Å². The standard InChI is InChI=1S/C19H14Cl2O4/c1-10-8-13(20)9-14(21)15(10)16-18(24-11(2)22)17(25-19(16)23)12-6-4-3-5-7-12/h3-9,17H,1-2H3. The second-order valence-corrected chi connectivity index (χ2v) is 6.45. The third-order valence-electron chi connectivity index (χ3n) is 3.77. The number of esters is 2. The molecule has 2 aromatic carbocycles. The molecule has 0 aliphatic carbocycles. The Morgan fingerprint density at radius 1 is 1.16 bits per heavy atom. The van der Waals surface area contributed by atoms with E-state index in [-0.39, 0.29) is 16.4 Å². The van der Waals surface area contributed by atoms with Gasteiger partial charge in [-0.05, 0) is 24.6 Å². The highest BCUT2D eigenvalue weighted by atomic mass is 35.5. The van der Waals surface area contributed by atoms with Gasteiger partial charge in [0, 0.05) is 23.1 Å². The third kappa shape index (κ3) is 3.41. The Hall–Kier alpha value is -2.30. The molecule has 1 unspecified atom stereocenters. The fraction of sp³-hybridized carbons (Fsp3) is 0.158. The van der Waals surface area contributed by atoms with Gasteiger partial charge < -0.3 is 9.47 Å². The van der Waals surface area contributed by atoms with E-state index < -0.39 is 18.0 Å². The van der Waals surface area contributed by atoms with E-state index in [0.717, 1.165) is 0 Å². The van der Waals surface area contributed by atoms with Crippen LogP contribution in [0.2, 0.25) is 10.0 Å². The number of cyclic esters (lactones) is 1. The number of hydrogen-bond donors (Lipinski definition) is 0. The van der Waals surface area contributed by atoms with Gasteiger partial charge >= 0.3 is 11.9 Å². The van der Waals surface area contributed by atoms with Gasteiger partial charge in [-0.3, -0.25) is 4.79 Å². The Morgan fingerprint density at radius 3 is 2.44 bits per heavy atom. The maximum Gasteiger partial charge on any atom is 0.343 e. The molecule has 25 heavy (non-hydrogen) atoms. The molecule has 0 bridgehead atoms. The van der Waals surface area contributed by atoms with Crippen LogP contribution in [0.4, 0.5) is 0 Å². The molecule has 1 aliphatic heterocycles. The Morgan fingerprint density at radius 2 is 1.84 bits per heavy atom. The number of benzene rings is 2. The summed E-state index contributed by atoms with van der Waals surface area (Å²) in [4.78, 5) is 24.2. The summed E-state index contributed by atoms with van der Waals surface area (Å²) in [6.45, 7) is 3.04. The smallest absolute Gasteiger partial charge is 0.343 e. The predicted molar refractivity (Wildman–Crippen MR) is 95.2 cm³/mol. The van der Waals surface area contributed by atoms with Gasteiger partial charge in [0.15, 0.2) is 11.9 Å². The van der Waals surface area contributed by atoms with Crippen LogP contribution in [0.1, 0.15) is 29.7 Å². The molecular formula is C19H14Cl2O4. The molecule has 0 saturated carbocycles. The lowest BCUT2D eigenvalue weighted by molar-refractivity contribution is -0.143. The van der Waals surface area contributed by atoms with Gasteiger partial charge in [0.1, 0.15) is 5.57 Å². The van der Waals surface area contributed by atoms with Gasteiger partial charge in [0.05, 0.1) is 5.02 Å². The monoisotopic (exact) mass is 376 g/mol. The molecule has 0 saturated heterocycles. The van der Waals surface area contributed by atoms with E-state index in [2.05, 4.69) is 0 Å². The summed E-state index contributed by atoms with van der Waals surface area (Å²) in [7, 11) is 0. The van der Waals surface area contributed by atoms with Crippen molar-refractivity contribution < 1.29 is 19.1 Å². The highest BCUT2D eigenvalue weighted by Gasteiger charge is 2.40. The van der Waals surface area contributed by atoms with Crippen LogP contribution >= 0.6 is 23.2 Å². The molecule has 1 atom stereocenters. The van der Waals surface area contributed by atoms with Gasteiger partial charge in [0.2, 0.25) is 0 Å². The van der Waals surface area contributed by atoms with Gasteiger partial charge in [-0.1, -0.05) is 53.5 Å². The molecule has 2 aromatic rings. The summed E-state index contributed by atoms with van der Waals surface area (Å²) >= 11 is 12.3. The Bertz CT molecular complexity index is 865. The molecule has 1 heterocycles. The summed E-state index contributed by atoms with van der Waals surface area (Å²) in [5.41, 5.74) is 1.97. The molecule has 0 aromatic heterocycles. The SMILES string of the molecule is CC(=O)OC1=C(c2c(C)cc(Cl)cc2Cl)C(=O)OC1c1ccccc1. The number of rotatable bonds is 3. The molecule has 0 radical (unpaired) electrons. The summed E-state index contributed by atoms with van der Waals surface area (Å²) in [5.74, 6) is -1.01. The van der Waals surface area contributed by atoms with E-state index >= 15 is 0 Å². The number of carbonyl (C=O) groups is 2. The number of aryl methyl sites for hydroxylation is 1. The van der Waals surface area contributed by atoms with Crippen LogP contribution in [0, 0.1) is 6.92 Å². The van der Waals surface area contributed by atoms with Crippen molar-refractivity contribution in [3.05, 3.63) is 75.0 Å². The Balaban J connectivity index is 2.22. The number of halogens is 2. The van der Waals surface area contributed by atoms with Crippen molar-refractivity contribution in [3.8, 4) is 0 Å². The molecule has 0 amide bonds. The molecule has 1 aliphatic rings. The van der Waals surface area contributed by atoms with Crippen molar-refractivity contribution in [2.24, 2.45) is 0 Å². The molecule has 0 N–H and O–H groups in total. The molecule has 0 spiro atoms. The van der Waals surface area contributed by atoms with Crippen LogP contribution < -0.4 is 0 Å². The zero-order chi connectivity index (χ0) is 18.1. The number of ether oxygens (including phenoxy) is 2. The molecule has 4 nitrogen and oxygen atoms in total. The van der Waals surface area contributed by atoms with Crippen LogP contribution in [-0.2, 0) is 19.1 Å². The van der Waals surface area contributed by atoms with Gasteiger partial charge in [0.25, 0.3) is 0 Å². The zero-order valence-corrected chi connectivity index (χ0v) is 15.0. The predicted octanol–water partition coefficient (Wildman–Crippen LogP) is 4.87. The van der Waals surface area contributed by atoms with Crippen molar-refractivity contribution in [2.45, 2.75) is 20.0 Å². The summed E-state index contributed by atoms with van der Waals surface area (Å²) in [5, 5.41) is 0.738. The van der Waals surface area contributed by atoms with Crippen LogP contribution in [-0.4, -0.2) is 11.9 Å². The first-order valence-electron chi connectivity index (χ1n) is 7.53. The van der Waals surface area contributed by atoms with Crippen LogP contribution in [0.15, 0.2) is 48.2 Å². The van der Waals surface area contributed by atoms with Crippen molar-refractivity contribution in [1.82, 2.24) is 0 Å². The Kier molecular flexibility index (Phi) is 4.84. The first-order chi connectivity index (χ1) is 11.9. The van der Waals surface area contributed by atoms with Crippen molar-refractivity contribution in [1.29, 1.82) is 0 Å². The van der Waals surface area contributed by atoms with E-state index in [9.17, 15) is 9.59 Å². The quantitative estimate of drug-likeness (QED) is 0.716. The van der Waals surface area contributed by atoms with Crippen molar-refractivity contribution in [2.75, 3.05) is 0 Å². The largest absolute Gasteiger partial charge is 0.445 e. The van der Waals surface area contributed by atoms with Gasteiger partial charge in [-0.15, -0.1) is 0 Å². The molecule has 128 valence electrons. The summed E-state index contributed by atoms with van der Waals surface area (Å²) in [6, 6.07) is 12.3. The third-order valence-corrected chi connectivity index (χ3v) is 4.29. The average molecular weight is 377 g/mol. The van der Waals surface area contributed by atoms with Crippen molar-refractivity contribution >= 4 is 40.7 Å². The maximum atomic E-state index is 12.6. The average Bonchev–Trinajstić information content (AvgIpc) is 2.84. The van der Waals surface area contributed by atoms with Crippen LogP contribution in [0.5, 0.6) is 0 Å². The normalized spacial score (nSPS) is 16.8. The first kappa shape index (κ1) is 17.5. The van der Waals surface area contributed by atoms with E-state index in [1.165, 1.54) is 13.0 Å². The molecule has 0 fully saturated rings. The minimum absolute atomic E-state index is 0.135. The highest BCUT2D eigenvalue weighted by Crippen LogP contribution is 2.43. The molecule has 6 heteroatoms. The fourth-order valence-corrected chi connectivity index (χ4v) is 3.49. The zero-order valence-electron chi connectivity index (χ0n) is 13.5. The minimum atomic E-state index is -0.807. The van der Waals surface area contributed by atoms with Gasteiger partial charge in [-0.25, -0.2) is 4.79 Å². The topological polar surface area (TPSA) is 52.6 Å². The first-order valence-corrected chi connectivity index (χ1v) is 8.28. The second-order valence-electron chi connectivity index (χ2n) is 5.61. The van der Waals surface area contributed by atoms with Crippen molar-refractivity contribution in [3.63, 3.8) is 0 Å². The lowest BCUT2D eigenvalue weighted by Crippen LogP contribution is -2.07. The lowest BCUT2D eigenvalue weighted by atomic mass is 9.97. The number of hydrogen-bond acceptors (Lipinski definition) is 4. The van der Waals surface area contributed by atoms with E-state index in [1.54, 1.807) is 25.1 Å². The molecule has 3 rings (SSSR count). The summed E-state index contributed by atoms with van der Waals surface area (Å²) in [6.07, 6.45) is -0.807. The molecular weight excluding hydrogens is 363 g/mol. The van der Waals surface area contributed by atoms with E-state index in [4.69, 9.17) is 32.7 Å². The maximum absolute atomic E-state index is 12.6. The fourth-order valence-electron chi connectivity index (χ4n) is 2.80. The van der Waals surface area contributed by atoms with E-state index in [0.29, 0.717) is 21.7 Å². The highest BCUT2D eigenvalue weighted by molar-refractivity contribution is 6.37.